The number of hydrogen-bond acceptors (Lipinski definition) is 2. The first-order valence-corrected chi connectivity index (χ1v) is 7.51. The predicted octanol–water partition coefficient (Wildman–Crippen LogP) is 3.59. The molecular weight excluding hydrogens is 295 g/mol. The molecular formula is C15H16Cl2N2O. The lowest BCUT2D eigenvalue weighted by Crippen LogP contribution is -2.51. The third-order valence-electron chi connectivity index (χ3n) is 3.44. The lowest BCUT2D eigenvalue weighted by atomic mass is 10.00. The fourth-order valence-corrected chi connectivity index (χ4v) is 2.77. The van der Waals surface area contributed by atoms with Crippen LogP contribution in [0, 0.1) is 0 Å². The number of amides is 1. The van der Waals surface area contributed by atoms with E-state index < -0.39 is 5.54 Å². The summed E-state index contributed by atoms with van der Waals surface area (Å²) in [5.41, 5.74) is 0.634. The summed E-state index contributed by atoms with van der Waals surface area (Å²) in [7, 11) is 0. The van der Waals surface area contributed by atoms with Gasteiger partial charge in [-0.1, -0.05) is 25.1 Å². The zero-order chi connectivity index (χ0) is 14.6. The van der Waals surface area contributed by atoms with Crippen LogP contribution >= 0.6 is 23.2 Å². The molecule has 0 spiro atoms. The molecule has 2 aromatic rings. The van der Waals surface area contributed by atoms with E-state index in [0.717, 1.165) is 5.39 Å². The van der Waals surface area contributed by atoms with Crippen LogP contribution in [0.1, 0.15) is 23.7 Å². The number of carbonyl (C=O) groups excluding carboxylic acids is 1. The molecule has 1 aromatic heterocycles. The summed E-state index contributed by atoms with van der Waals surface area (Å²) in [6.45, 7) is 1.95. The average Bonchev–Trinajstić information content (AvgIpc) is 2.52. The molecule has 1 aromatic carbocycles. The maximum absolute atomic E-state index is 12.5. The zero-order valence-corrected chi connectivity index (χ0v) is 12.7. The number of nitrogens with zero attached hydrogens (tertiary/aromatic N) is 1. The molecule has 2 rings (SSSR count). The van der Waals surface area contributed by atoms with Crippen LogP contribution in [0.5, 0.6) is 0 Å². The number of hydrogen-bond donors (Lipinski definition) is 1. The molecule has 0 unspecified atom stereocenters. The minimum atomic E-state index is -0.586. The number of pyridine rings is 1. The summed E-state index contributed by atoms with van der Waals surface area (Å²) < 4.78 is 0. The van der Waals surface area contributed by atoms with E-state index >= 15 is 0 Å². The van der Waals surface area contributed by atoms with Crippen molar-refractivity contribution in [3.8, 4) is 0 Å². The van der Waals surface area contributed by atoms with Gasteiger partial charge in [0.2, 0.25) is 0 Å². The minimum absolute atomic E-state index is 0.197. The molecule has 3 nitrogen and oxygen atoms in total. The molecule has 106 valence electrons. The number of benzene rings is 1. The predicted molar refractivity (Wildman–Crippen MR) is 83.7 cm³/mol. The molecule has 5 heteroatoms. The van der Waals surface area contributed by atoms with Gasteiger partial charge in [-0.05, 0) is 18.6 Å². The number of rotatable bonds is 5. The number of alkyl halides is 2. The van der Waals surface area contributed by atoms with Crippen LogP contribution in [0.2, 0.25) is 0 Å². The lowest BCUT2D eigenvalue weighted by Gasteiger charge is -2.29. The normalized spacial score (nSPS) is 11.6. The second kappa shape index (κ2) is 6.42. The van der Waals surface area contributed by atoms with Gasteiger partial charge >= 0.3 is 0 Å². The molecule has 1 amide bonds. The van der Waals surface area contributed by atoms with E-state index in [9.17, 15) is 4.79 Å². The second-order valence-electron chi connectivity index (χ2n) is 4.74. The Morgan fingerprint density at radius 2 is 1.95 bits per heavy atom. The molecule has 0 radical (unpaired) electrons. The Morgan fingerprint density at radius 3 is 2.60 bits per heavy atom. The first-order chi connectivity index (χ1) is 9.65. The van der Waals surface area contributed by atoms with E-state index in [2.05, 4.69) is 10.3 Å². The Bertz CT molecular complexity index is 598. The van der Waals surface area contributed by atoms with Crippen molar-refractivity contribution in [3.63, 3.8) is 0 Å². The molecule has 1 N–H and O–H groups in total. The molecule has 1 heterocycles. The molecule has 0 aliphatic heterocycles. The highest BCUT2D eigenvalue weighted by molar-refractivity contribution is 6.22. The van der Waals surface area contributed by atoms with Crippen molar-refractivity contribution in [2.24, 2.45) is 0 Å². The summed E-state index contributed by atoms with van der Waals surface area (Å²) in [5, 5.41) is 3.87. The number of carbonyl (C=O) groups is 1. The fourth-order valence-electron chi connectivity index (χ4n) is 1.98. The highest BCUT2D eigenvalue weighted by Gasteiger charge is 2.29. The molecule has 20 heavy (non-hydrogen) atoms. The Labute approximate surface area is 128 Å². The van der Waals surface area contributed by atoms with Crippen LogP contribution in [0.25, 0.3) is 10.9 Å². The summed E-state index contributed by atoms with van der Waals surface area (Å²) in [6.07, 6.45) is 2.35. The second-order valence-corrected chi connectivity index (χ2v) is 5.27. The first kappa shape index (κ1) is 15.1. The topological polar surface area (TPSA) is 42.0 Å². The fraction of sp³-hybridized carbons (Fsp3) is 0.333. The molecule has 0 fully saturated rings. The third-order valence-corrected chi connectivity index (χ3v) is 4.47. The Balaban J connectivity index is 2.37. The highest BCUT2D eigenvalue weighted by Crippen LogP contribution is 2.19. The summed E-state index contributed by atoms with van der Waals surface area (Å²) in [6, 6.07) is 9.30. The van der Waals surface area contributed by atoms with Crippen molar-refractivity contribution in [2.75, 3.05) is 11.8 Å². The van der Waals surface area contributed by atoms with Gasteiger partial charge in [0.15, 0.2) is 0 Å². The van der Waals surface area contributed by atoms with Crippen molar-refractivity contribution < 1.29 is 4.79 Å². The van der Waals surface area contributed by atoms with Crippen molar-refractivity contribution in [2.45, 2.75) is 18.9 Å². The molecule has 0 atom stereocenters. The average molecular weight is 311 g/mol. The van der Waals surface area contributed by atoms with Gasteiger partial charge in [0.1, 0.15) is 0 Å². The van der Waals surface area contributed by atoms with E-state index in [0.29, 0.717) is 17.5 Å². The van der Waals surface area contributed by atoms with Crippen LogP contribution in [-0.4, -0.2) is 28.2 Å². The van der Waals surface area contributed by atoms with Gasteiger partial charge in [0.05, 0.1) is 16.6 Å². The quantitative estimate of drug-likeness (QED) is 0.857. The minimum Gasteiger partial charge on any atom is -0.344 e. The smallest absolute Gasteiger partial charge is 0.254 e. The summed E-state index contributed by atoms with van der Waals surface area (Å²) in [5.74, 6) is 0.353. The van der Waals surface area contributed by atoms with Crippen LogP contribution in [0.15, 0.2) is 36.5 Å². The Kier molecular flexibility index (Phi) is 4.84. The Morgan fingerprint density at radius 1 is 1.25 bits per heavy atom. The van der Waals surface area contributed by atoms with E-state index in [4.69, 9.17) is 23.2 Å². The van der Waals surface area contributed by atoms with E-state index in [-0.39, 0.29) is 17.7 Å². The number of halogens is 2. The van der Waals surface area contributed by atoms with Gasteiger partial charge in [0, 0.05) is 23.3 Å². The lowest BCUT2D eigenvalue weighted by molar-refractivity contribution is 0.0915. The monoisotopic (exact) mass is 310 g/mol. The molecule has 0 saturated carbocycles. The standard InChI is InChI=1S/C15H16Cl2N2O/c1-2-15(9-16,10-17)19-14(20)12-7-3-5-11-6-4-8-18-13(11)12/h3-8H,2,9-10H2,1H3,(H,19,20). The van der Waals surface area contributed by atoms with E-state index in [1.165, 1.54) is 0 Å². The largest absolute Gasteiger partial charge is 0.344 e. The number of nitrogens with one attached hydrogen (secondary N) is 1. The van der Waals surface area contributed by atoms with Crippen LogP contribution in [-0.2, 0) is 0 Å². The Hall–Kier alpha value is -1.32. The van der Waals surface area contributed by atoms with Gasteiger partial charge in [-0.2, -0.15) is 0 Å². The number of aromatic nitrogens is 1. The van der Waals surface area contributed by atoms with Gasteiger partial charge in [-0.15, -0.1) is 23.2 Å². The highest BCUT2D eigenvalue weighted by atomic mass is 35.5. The first-order valence-electron chi connectivity index (χ1n) is 6.44. The van der Waals surface area contributed by atoms with Crippen molar-refractivity contribution in [1.29, 1.82) is 0 Å². The zero-order valence-electron chi connectivity index (χ0n) is 11.2. The third kappa shape index (κ3) is 2.89. The molecule has 0 aliphatic carbocycles. The van der Waals surface area contributed by atoms with Crippen LogP contribution in [0.3, 0.4) is 0 Å². The molecule has 0 aliphatic rings. The van der Waals surface area contributed by atoms with Gasteiger partial charge < -0.3 is 5.32 Å². The molecule has 0 bridgehead atoms. The van der Waals surface area contributed by atoms with Crippen LogP contribution < -0.4 is 5.32 Å². The molecule has 0 saturated heterocycles. The van der Waals surface area contributed by atoms with Gasteiger partial charge in [0.25, 0.3) is 5.91 Å². The number of para-hydroxylation sites is 1. The van der Waals surface area contributed by atoms with E-state index in [1.54, 1.807) is 12.3 Å². The SMILES string of the molecule is CCC(CCl)(CCl)NC(=O)c1cccc2cccnc12. The van der Waals surface area contributed by atoms with Crippen molar-refractivity contribution in [1.82, 2.24) is 10.3 Å². The maximum Gasteiger partial charge on any atom is 0.254 e. The van der Waals surface area contributed by atoms with Crippen molar-refractivity contribution >= 4 is 40.0 Å². The van der Waals surface area contributed by atoms with E-state index in [1.807, 2.05) is 31.2 Å². The maximum atomic E-state index is 12.5. The van der Waals surface area contributed by atoms with Gasteiger partial charge in [-0.25, -0.2) is 0 Å². The van der Waals surface area contributed by atoms with Crippen molar-refractivity contribution in [3.05, 3.63) is 42.1 Å². The van der Waals surface area contributed by atoms with Gasteiger partial charge in [-0.3, -0.25) is 9.78 Å². The number of fused-ring (bicyclic) bond motifs is 1. The summed E-state index contributed by atoms with van der Waals surface area (Å²) in [4.78, 5) is 16.8. The van der Waals surface area contributed by atoms with Crippen LogP contribution in [0.4, 0.5) is 0 Å². The summed E-state index contributed by atoms with van der Waals surface area (Å²) >= 11 is 11.9.